The first kappa shape index (κ1) is 13.7. The first-order valence-electron chi connectivity index (χ1n) is 6.84. The van der Waals surface area contributed by atoms with Crippen molar-refractivity contribution in [3.05, 3.63) is 29.6 Å². The number of hydrogen-bond acceptors (Lipinski definition) is 1. The fourth-order valence-corrected chi connectivity index (χ4v) is 3.05. The minimum absolute atomic E-state index is 0.199. The van der Waals surface area contributed by atoms with Gasteiger partial charge in [0.1, 0.15) is 5.82 Å². The molecule has 1 saturated heterocycles. The largest absolute Gasteiger partial charge is 0.371 e. The highest BCUT2D eigenvalue weighted by Gasteiger charge is 2.20. The van der Waals surface area contributed by atoms with Crippen molar-refractivity contribution in [1.29, 1.82) is 0 Å². The van der Waals surface area contributed by atoms with Crippen molar-refractivity contribution in [1.82, 2.24) is 0 Å². The molecule has 1 aliphatic rings. The van der Waals surface area contributed by atoms with Gasteiger partial charge in [0.05, 0.1) is 0 Å². The van der Waals surface area contributed by atoms with E-state index in [1.807, 2.05) is 6.07 Å². The molecule has 0 N–H and O–H groups in total. The minimum Gasteiger partial charge on any atom is -0.371 e. The smallest absolute Gasteiger partial charge is 0.123 e. The topological polar surface area (TPSA) is 3.24 Å². The van der Waals surface area contributed by atoms with Crippen LogP contribution in [0.5, 0.6) is 0 Å². The van der Waals surface area contributed by atoms with Gasteiger partial charge in [-0.2, -0.15) is 0 Å². The highest BCUT2D eigenvalue weighted by Crippen LogP contribution is 2.29. The summed E-state index contributed by atoms with van der Waals surface area (Å²) in [5.74, 6) is 1.04. The average Bonchev–Trinajstić information content (AvgIpc) is 2.40. The monoisotopic (exact) mass is 269 g/mol. The van der Waals surface area contributed by atoms with Crippen LogP contribution in [0, 0.1) is 11.7 Å². The third-order valence-electron chi connectivity index (χ3n) is 3.84. The van der Waals surface area contributed by atoms with Crippen LogP contribution in [0.4, 0.5) is 10.1 Å². The molecule has 1 nitrogen and oxygen atoms in total. The van der Waals surface area contributed by atoms with E-state index in [-0.39, 0.29) is 5.82 Å². The zero-order valence-electron chi connectivity index (χ0n) is 11.0. The molecule has 0 spiro atoms. The Morgan fingerprint density at radius 1 is 1.33 bits per heavy atom. The van der Waals surface area contributed by atoms with Gasteiger partial charge in [0.15, 0.2) is 0 Å². The number of piperidine rings is 1. The maximum Gasteiger partial charge on any atom is 0.123 e. The lowest BCUT2D eigenvalue weighted by atomic mass is 9.92. The van der Waals surface area contributed by atoms with E-state index in [1.165, 1.54) is 31.7 Å². The van der Waals surface area contributed by atoms with Gasteiger partial charge in [-0.1, -0.05) is 19.8 Å². The molecular weight excluding hydrogens is 249 g/mol. The van der Waals surface area contributed by atoms with E-state index < -0.39 is 0 Å². The number of hydrogen-bond donors (Lipinski definition) is 0. The SMILES string of the molecule is CCCC1CCN(c2ccc(F)cc2CCl)CC1. The van der Waals surface area contributed by atoms with Crippen LogP contribution in [0.1, 0.15) is 38.2 Å². The Hall–Kier alpha value is -0.760. The summed E-state index contributed by atoms with van der Waals surface area (Å²) in [6, 6.07) is 4.96. The number of nitrogens with zero attached hydrogens (tertiary/aromatic N) is 1. The Labute approximate surface area is 114 Å². The van der Waals surface area contributed by atoms with E-state index in [1.54, 1.807) is 6.07 Å². The summed E-state index contributed by atoms with van der Waals surface area (Å²) in [4.78, 5) is 2.35. The van der Waals surface area contributed by atoms with Gasteiger partial charge >= 0.3 is 0 Å². The molecule has 0 amide bonds. The number of halogens is 2. The normalized spacial score (nSPS) is 17.2. The van der Waals surface area contributed by atoms with Crippen LogP contribution < -0.4 is 4.90 Å². The lowest BCUT2D eigenvalue weighted by molar-refractivity contribution is 0.378. The van der Waals surface area contributed by atoms with Gasteiger partial charge in [0, 0.05) is 24.7 Å². The third-order valence-corrected chi connectivity index (χ3v) is 4.13. The van der Waals surface area contributed by atoms with Crippen molar-refractivity contribution in [2.24, 2.45) is 5.92 Å². The Bertz CT molecular complexity index is 386. The number of benzene rings is 1. The summed E-state index contributed by atoms with van der Waals surface area (Å²) in [6.45, 7) is 4.39. The minimum atomic E-state index is -0.199. The molecule has 1 aromatic carbocycles. The molecule has 1 aromatic rings. The van der Waals surface area contributed by atoms with E-state index in [2.05, 4.69) is 11.8 Å². The van der Waals surface area contributed by atoms with E-state index in [4.69, 9.17) is 11.6 Å². The molecule has 0 radical (unpaired) electrons. The summed E-state index contributed by atoms with van der Waals surface area (Å²) < 4.78 is 13.2. The number of rotatable bonds is 4. The van der Waals surface area contributed by atoms with E-state index in [9.17, 15) is 4.39 Å². The summed E-state index contributed by atoms with van der Waals surface area (Å²) in [6.07, 6.45) is 5.09. The highest BCUT2D eigenvalue weighted by molar-refractivity contribution is 6.17. The van der Waals surface area contributed by atoms with Gasteiger partial charge < -0.3 is 4.90 Å². The molecule has 18 heavy (non-hydrogen) atoms. The molecule has 3 heteroatoms. The van der Waals surface area contributed by atoms with Crippen molar-refractivity contribution in [3.8, 4) is 0 Å². The molecule has 0 atom stereocenters. The van der Waals surface area contributed by atoms with E-state index in [0.29, 0.717) is 5.88 Å². The molecule has 0 unspecified atom stereocenters. The fraction of sp³-hybridized carbons (Fsp3) is 0.600. The Balaban J connectivity index is 2.05. The molecule has 100 valence electrons. The van der Waals surface area contributed by atoms with E-state index in [0.717, 1.165) is 30.3 Å². The van der Waals surface area contributed by atoms with Crippen LogP contribution in [0.3, 0.4) is 0 Å². The van der Waals surface area contributed by atoms with Crippen LogP contribution in [0.2, 0.25) is 0 Å². The second-order valence-electron chi connectivity index (χ2n) is 5.13. The highest BCUT2D eigenvalue weighted by atomic mass is 35.5. The van der Waals surface area contributed by atoms with Crippen molar-refractivity contribution in [2.75, 3.05) is 18.0 Å². The average molecular weight is 270 g/mol. The van der Waals surface area contributed by atoms with Gasteiger partial charge in [0.25, 0.3) is 0 Å². The molecule has 1 heterocycles. The lowest BCUT2D eigenvalue weighted by Gasteiger charge is -2.34. The van der Waals surface area contributed by atoms with Gasteiger partial charge in [-0.25, -0.2) is 4.39 Å². The number of anilines is 1. The Morgan fingerprint density at radius 2 is 2.06 bits per heavy atom. The predicted molar refractivity (Wildman–Crippen MR) is 75.8 cm³/mol. The molecule has 0 saturated carbocycles. The van der Waals surface area contributed by atoms with Crippen molar-refractivity contribution >= 4 is 17.3 Å². The summed E-state index contributed by atoms with van der Waals surface area (Å²) in [5.41, 5.74) is 2.02. The predicted octanol–water partition coefficient (Wildman–Crippen LogP) is 4.58. The Kier molecular flexibility index (Phi) is 4.87. The molecule has 2 rings (SSSR count). The standard InChI is InChI=1S/C15H21ClFN/c1-2-3-12-6-8-18(9-7-12)15-5-4-14(17)10-13(15)11-16/h4-5,10,12H,2-3,6-9,11H2,1H3. The first-order valence-corrected chi connectivity index (χ1v) is 7.37. The molecular formula is C15H21ClFN. The maximum atomic E-state index is 13.2. The molecule has 1 fully saturated rings. The maximum absolute atomic E-state index is 13.2. The van der Waals surface area contributed by atoms with Crippen LogP contribution in [-0.2, 0) is 5.88 Å². The second kappa shape index (κ2) is 6.42. The molecule has 1 aliphatic heterocycles. The van der Waals surface area contributed by atoms with Crippen LogP contribution in [0.15, 0.2) is 18.2 Å². The van der Waals surface area contributed by atoms with Gasteiger partial charge in [-0.3, -0.25) is 0 Å². The molecule has 0 aromatic heterocycles. The van der Waals surface area contributed by atoms with Crippen molar-refractivity contribution in [2.45, 2.75) is 38.5 Å². The van der Waals surface area contributed by atoms with Crippen LogP contribution in [0.25, 0.3) is 0 Å². The van der Waals surface area contributed by atoms with E-state index >= 15 is 0 Å². The van der Waals surface area contributed by atoms with Gasteiger partial charge in [-0.15, -0.1) is 11.6 Å². The fourth-order valence-electron chi connectivity index (χ4n) is 2.84. The van der Waals surface area contributed by atoms with Gasteiger partial charge in [0.2, 0.25) is 0 Å². The van der Waals surface area contributed by atoms with Crippen molar-refractivity contribution < 1.29 is 4.39 Å². The van der Waals surface area contributed by atoms with Crippen LogP contribution in [-0.4, -0.2) is 13.1 Å². The summed E-state index contributed by atoms with van der Waals surface area (Å²) in [5, 5.41) is 0. The zero-order chi connectivity index (χ0) is 13.0. The van der Waals surface area contributed by atoms with Crippen molar-refractivity contribution in [3.63, 3.8) is 0 Å². The van der Waals surface area contributed by atoms with Crippen LogP contribution >= 0.6 is 11.6 Å². The molecule has 0 aliphatic carbocycles. The quantitative estimate of drug-likeness (QED) is 0.723. The lowest BCUT2D eigenvalue weighted by Crippen LogP contribution is -2.34. The van der Waals surface area contributed by atoms with Gasteiger partial charge in [-0.05, 0) is 42.5 Å². The number of alkyl halides is 1. The first-order chi connectivity index (χ1) is 8.74. The summed E-state index contributed by atoms with van der Waals surface area (Å²) in [7, 11) is 0. The summed E-state index contributed by atoms with van der Waals surface area (Å²) >= 11 is 5.91. The Morgan fingerprint density at radius 3 is 2.67 bits per heavy atom. The molecule has 0 bridgehead atoms. The second-order valence-corrected chi connectivity index (χ2v) is 5.39. The zero-order valence-corrected chi connectivity index (χ0v) is 11.7. The third kappa shape index (κ3) is 3.17.